The Balaban J connectivity index is 3.25. The molecule has 0 saturated carbocycles. The van der Waals surface area contributed by atoms with Gasteiger partial charge >= 0.3 is 6.18 Å². The van der Waals surface area contributed by atoms with Crippen LogP contribution in [0.5, 0.6) is 0 Å². The van der Waals surface area contributed by atoms with Gasteiger partial charge in [-0.25, -0.2) is 4.39 Å². The lowest BCUT2D eigenvalue weighted by Gasteiger charge is -2.11. The Morgan fingerprint density at radius 1 is 1.22 bits per heavy atom. The molecule has 0 aliphatic rings. The van der Waals surface area contributed by atoms with E-state index < -0.39 is 22.7 Å². The Hall–Kier alpha value is -1.56. The molecule has 0 fully saturated rings. The number of nitrogens with zero attached hydrogens (tertiary/aromatic N) is 1. The molecule has 0 spiro atoms. The molecule has 98 valence electrons. The first-order valence-electron chi connectivity index (χ1n) is 4.73. The van der Waals surface area contributed by atoms with Crippen LogP contribution >= 0.6 is 11.6 Å². The molecule has 0 radical (unpaired) electrons. The number of hydrogen-bond acceptors (Lipinski definition) is 2. The van der Waals surface area contributed by atoms with Gasteiger partial charge in [0.05, 0.1) is 10.7 Å². The van der Waals surface area contributed by atoms with Gasteiger partial charge in [0.1, 0.15) is 11.5 Å². The molecule has 0 saturated heterocycles. The second-order valence-corrected chi connectivity index (χ2v) is 3.68. The highest BCUT2D eigenvalue weighted by Crippen LogP contribution is 2.28. The van der Waals surface area contributed by atoms with E-state index in [0.717, 1.165) is 12.1 Å². The second kappa shape index (κ2) is 5.39. The number of alkyl halides is 3. The van der Waals surface area contributed by atoms with Crippen molar-refractivity contribution in [3.8, 4) is 0 Å². The standard InChI is InChI=1S/C11H9ClF4N2/c1-18-9(6-2-4-7(13)5-3-6)8(12)10(17)11(14,15)16/h2-5H,17H2,1H3. The van der Waals surface area contributed by atoms with Gasteiger partial charge in [-0.15, -0.1) is 0 Å². The van der Waals surface area contributed by atoms with Crippen molar-refractivity contribution in [1.82, 2.24) is 0 Å². The van der Waals surface area contributed by atoms with Crippen LogP contribution in [0.1, 0.15) is 5.56 Å². The highest BCUT2D eigenvalue weighted by Gasteiger charge is 2.35. The van der Waals surface area contributed by atoms with Crippen molar-refractivity contribution in [2.24, 2.45) is 10.7 Å². The lowest BCUT2D eigenvalue weighted by molar-refractivity contribution is -0.0927. The van der Waals surface area contributed by atoms with Crippen LogP contribution in [0.4, 0.5) is 17.6 Å². The van der Waals surface area contributed by atoms with E-state index in [9.17, 15) is 17.6 Å². The summed E-state index contributed by atoms with van der Waals surface area (Å²) in [5.41, 5.74) is 3.57. The highest BCUT2D eigenvalue weighted by atomic mass is 35.5. The zero-order valence-corrected chi connectivity index (χ0v) is 9.98. The Morgan fingerprint density at radius 2 is 1.72 bits per heavy atom. The van der Waals surface area contributed by atoms with Gasteiger partial charge in [0, 0.05) is 12.6 Å². The van der Waals surface area contributed by atoms with E-state index in [1.54, 1.807) is 0 Å². The third kappa shape index (κ3) is 3.22. The molecular formula is C11H9ClF4N2. The topological polar surface area (TPSA) is 38.4 Å². The van der Waals surface area contributed by atoms with Crippen molar-refractivity contribution in [2.45, 2.75) is 6.18 Å². The average Bonchev–Trinajstić information content (AvgIpc) is 2.30. The molecule has 0 unspecified atom stereocenters. The third-order valence-electron chi connectivity index (χ3n) is 2.09. The molecule has 7 heteroatoms. The number of aliphatic imine (C=N–C) groups is 1. The first kappa shape index (κ1) is 14.5. The Morgan fingerprint density at radius 3 is 2.11 bits per heavy atom. The van der Waals surface area contributed by atoms with Crippen LogP contribution in [0.25, 0.3) is 0 Å². The minimum Gasteiger partial charge on any atom is -0.393 e. The summed E-state index contributed by atoms with van der Waals surface area (Å²) in [5.74, 6) is -0.516. The second-order valence-electron chi connectivity index (χ2n) is 3.30. The summed E-state index contributed by atoms with van der Waals surface area (Å²) in [4.78, 5) is 3.65. The number of hydrogen-bond donors (Lipinski definition) is 1. The van der Waals surface area contributed by atoms with Crippen molar-refractivity contribution >= 4 is 17.3 Å². The molecule has 0 heterocycles. The van der Waals surface area contributed by atoms with E-state index in [-0.39, 0.29) is 11.3 Å². The molecule has 0 aliphatic heterocycles. The first-order chi connectivity index (χ1) is 8.27. The molecule has 0 bridgehead atoms. The van der Waals surface area contributed by atoms with Crippen molar-refractivity contribution < 1.29 is 17.6 Å². The van der Waals surface area contributed by atoms with Crippen LogP contribution in [0.15, 0.2) is 40.0 Å². The molecule has 1 aromatic rings. The normalized spacial score (nSPS) is 14.4. The zero-order valence-electron chi connectivity index (χ0n) is 9.22. The van der Waals surface area contributed by atoms with E-state index in [0.29, 0.717) is 0 Å². The van der Waals surface area contributed by atoms with Gasteiger partial charge in [0.15, 0.2) is 0 Å². The summed E-state index contributed by atoms with van der Waals surface area (Å²) in [5, 5.41) is -0.711. The van der Waals surface area contributed by atoms with Gasteiger partial charge in [0.25, 0.3) is 0 Å². The maximum atomic E-state index is 12.7. The first-order valence-corrected chi connectivity index (χ1v) is 5.10. The number of allylic oxidation sites excluding steroid dienone is 2. The summed E-state index contributed by atoms with van der Waals surface area (Å²) in [7, 11) is 1.27. The predicted molar refractivity (Wildman–Crippen MR) is 62.0 cm³/mol. The molecule has 1 rings (SSSR count). The molecule has 0 aliphatic carbocycles. The number of rotatable bonds is 2. The van der Waals surface area contributed by atoms with Gasteiger partial charge < -0.3 is 5.73 Å². The van der Waals surface area contributed by atoms with E-state index >= 15 is 0 Å². The van der Waals surface area contributed by atoms with Gasteiger partial charge in [-0.05, 0) is 24.3 Å². The molecule has 0 amide bonds. The minimum absolute atomic E-state index is 0.147. The fourth-order valence-electron chi connectivity index (χ4n) is 1.21. The summed E-state index contributed by atoms with van der Waals surface area (Å²) < 4.78 is 49.9. The predicted octanol–water partition coefficient (Wildman–Crippen LogP) is 3.22. The molecule has 18 heavy (non-hydrogen) atoms. The van der Waals surface area contributed by atoms with Crippen LogP contribution in [0.3, 0.4) is 0 Å². The molecule has 2 nitrogen and oxygen atoms in total. The summed E-state index contributed by atoms with van der Waals surface area (Å²) >= 11 is 5.57. The quantitative estimate of drug-likeness (QED) is 0.655. The van der Waals surface area contributed by atoms with E-state index in [1.165, 1.54) is 19.2 Å². The monoisotopic (exact) mass is 280 g/mol. The van der Waals surface area contributed by atoms with Crippen molar-refractivity contribution in [3.63, 3.8) is 0 Å². The van der Waals surface area contributed by atoms with Crippen LogP contribution in [-0.2, 0) is 0 Å². The average molecular weight is 281 g/mol. The van der Waals surface area contributed by atoms with Crippen LogP contribution in [-0.4, -0.2) is 18.9 Å². The third-order valence-corrected chi connectivity index (χ3v) is 2.47. The number of halogens is 5. The maximum absolute atomic E-state index is 12.7. The Bertz CT molecular complexity index is 489. The highest BCUT2D eigenvalue weighted by molar-refractivity contribution is 6.46. The van der Waals surface area contributed by atoms with Crippen molar-refractivity contribution in [2.75, 3.05) is 7.05 Å². The fourth-order valence-corrected chi connectivity index (χ4v) is 1.51. The fraction of sp³-hybridized carbons (Fsp3) is 0.182. The smallest absolute Gasteiger partial charge is 0.393 e. The van der Waals surface area contributed by atoms with E-state index in [1.807, 2.05) is 0 Å². The van der Waals surface area contributed by atoms with Crippen LogP contribution < -0.4 is 5.73 Å². The summed E-state index contributed by atoms with van der Waals surface area (Å²) in [6, 6.07) is 4.72. The van der Waals surface area contributed by atoms with Crippen LogP contribution in [0, 0.1) is 5.82 Å². The van der Waals surface area contributed by atoms with Gasteiger partial charge in [-0.1, -0.05) is 11.6 Å². The lowest BCUT2D eigenvalue weighted by atomic mass is 10.1. The Kier molecular flexibility index (Phi) is 4.34. The van der Waals surface area contributed by atoms with Gasteiger partial charge in [-0.2, -0.15) is 13.2 Å². The number of benzene rings is 1. The summed E-state index contributed by atoms with van der Waals surface area (Å²) in [6.45, 7) is 0. The van der Waals surface area contributed by atoms with Gasteiger partial charge in [-0.3, -0.25) is 4.99 Å². The Labute approximate surface area is 106 Å². The molecule has 0 aromatic heterocycles. The van der Waals surface area contributed by atoms with Crippen LogP contribution in [0.2, 0.25) is 0 Å². The molecule has 0 atom stereocenters. The van der Waals surface area contributed by atoms with Gasteiger partial charge in [0.2, 0.25) is 0 Å². The summed E-state index contributed by atoms with van der Waals surface area (Å²) in [6.07, 6.45) is -4.74. The maximum Gasteiger partial charge on any atom is 0.432 e. The van der Waals surface area contributed by atoms with E-state index in [4.69, 9.17) is 17.3 Å². The number of nitrogens with two attached hydrogens (primary N) is 1. The molecule has 1 aromatic carbocycles. The molecular weight excluding hydrogens is 272 g/mol. The molecule has 2 N–H and O–H groups in total. The SMILES string of the molecule is CN=C(C(Cl)=C(N)C(F)(F)F)c1ccc(F)cc1. The largest absolute Gasteiger partial charge is 0.432 e. The minimum atomic E-state index is -4.74. The lowest BCUT2D eigenvalue weighted by Crippen LogP contribution is -2.23. The van der Waals surface area contributed by atoms with Crippen molar-refractivity contribution in [3.05, 3.63) is 46.4 Å². The van der Waals surface area contributed by atoms with E-state index in [2.05, 4.69) is 4.99 Å². The van der Waals surface area contributed by atoms with Crippen molar-refractivity contribution in [1.29, 1.82) is 0 Å². The zero-order chi connectivity index (χ0) is 13.9.